The van der Waals surface area contributed by atoms with E-state index in [2.05, 4.69) is 5.32 Å². The van der Waals surface area contributed by atoms with Gasteiger partial charge in [-0.05, 0) is 24.1 Å². The van der Waals surface area contributed by atoms with Crippen molar-refractivity contribution in [3.05, 3.63) is 29.8 Å². The molecule has 1 unspecified atom stereocenters. The zero-order chi connectivity index (χ0) is 10.8. The van der Waals surface area contributed by atoms with Gasteiger partial charge in [0.15, 0.2) is 0 Å². The average Bonchev–Trinajstić information content (AvgIpc) is 2.53. The number of carbonyl (C=O) groups is 1. The van der Waals surface area contributed by atoms with Crippen molar-refractivity contribution in [1.82, 2.24) is 10.2 Å². The van der Waals surface area contributed by atoms with Crippen LogP contribution in [-0.2, 0) is 11.2 Å². The maximum atomic E-state index is 11.6. The van der Waals surface area contributed by atoms with Gasteiger partial charge in [0, 0.05) is 51.1 Å². The van der Waals surface area contributed by atoms with Crippen molar-refractivity contribution in [1.29, 1.82) is 0 Å². The third-order valence-electron chi connectivity index (χ3n) is 2.63. The van der Waals surface area contributed by atoms with E-state index in [1.807, 2.05) is 12.1 Å². The summed E-state index contributed by atoms with van der Waals surface area (Å²) in [5.41, 5.74) is 1.05. The number of benzene rings is 1. The second-order valence-corrected chi connectivity index (χ2v) is 3.82. The molecule has 1 heterocycles. The summed E-state index contributed by atoms with van der Waals surface area (Å²) in [7, 11) is 1.78. The van der Waals surface area contributed by atoms with Gasteiger partial charge in [-0.3, -0.25) is 10.1 Å². The Hall–Kier alpha value is -0.108. The first-order valence-electron chi connectivity index (χ1n) is 4.93. The summed E-state index contributed by atoms with van der Waals surface area (Å²) >= 11 is 0. The standard InChI is InChI=1S/C11H14N2O2.Ac/c1-13-7-12-10(11(13)15)6-8-2-4-9(14)5-3-8;/h2-5,10,12,14H,6-7H2,1H3;. The van der Waals surface area contributed by atoms with Gasteiger partial charge >= 0.3 is 0 Å². The van der Waals surface area contributed by atoms with Crippen LogP contribution in [0.1, 0.15) is 5.56 Å². The van der Waals surface area contributed by atoms with E-state index in [1.54, 1.807) is 24.1 Å². The Labute approximate surface area is 131 Å². The molecule has 4 nitrogen and oxygen atoms in total. The molecule has 1 saturated heterocycles. The fourth-order valence-electron chi connectivity index (χ4n) is 1.71. The van der Waals surface area contributed by atoms with Crippen LogP contribution < -0.4 is 5.32 Å². The molecule has 0 saturated carbocycles. The largest absolute Gasteiger partial charge is 0.508 e. The normalized spacial score (nSPS) is 19.7. The fraction of sp³-hybridized carbons (Fsp3) is 0.364. The van der Waals surface area contributed by atoms with Crippen LogP contribution >= 0.6 is 0 Å². The summed E-state index contributed by atoms with van der Waals surface area (Å²) < 4.78 is 0. The van der Waals surface area contributed by atoms with Crippen molar-refractivity contribution in [3.8, 4) is 5.75 Å². The molecule has 1 radical (unpaired) electrons. The van der Waals surface area contributed by atoms with E-state index >= 15 is 0 Å². The number of amides is 1. The SMILES string of the molecule is CN1CNC(Cc2ccc(O)cc2)C1=O.[Ac]. The first-order chi connectivity index (χ1) is 7.16. The number of carbonyl (C=O) groups excluding carboxylic acids is 1. The number of rotatable bonds is 2. The van der Waals surface area contributed by atoms with Crippen molar-refractivity contribution >= 4 is 5.91 Å². The van der Waals surface area contributed by atoms with Gasteiger partial charge in [0.25, 0.3) is 0 Å². The molecule has 1 aliphatic rings. The van der Waals surface area contributed by atoms with Gasteiger partial charge in [0.1, 0.15) is 5.75 Å². The third-order valence-corrected chi connectivity index (χ3v) is 2.63. The molecule has 0 bridgehead atoms. The van der Waals surface area contributed by atoms with Crippen LogP contribution in [0.4, 0.5) is 0 Å². The quantitative estimate of drug-likeness (QED) is 0.707. The predicted octanol–water partition coefficient (Wildman–Crippen LogP) is 0.322. The van der Waals surface area contributed by atoms with Crippen LogP contribution in [0.3, 0.4) is 0 Å². The number of likely N-dealkylation sites (N-methyl/N-ethyl adjacent to an activating group) is 1. The van der Waals surface area contributed by atoms with Crippen molar-refractivity contribution in [2.75, 3.05) is 13.7 Å². The van der Waals surface area contributed by atoms with Gasteiger partial charge in [-0.1, -0.05) is 12.1 Å². The van der Waals surface area contributed by atoms with Gasteiger partial charge in [-0.15, -0.1) is 0 Å². The Morgan fingerprint density at radius 3 is 2.56 bits per heavy atom. The van der Waals surface area contributed by atoms with Crippen LogP contribution in [0, 0.1) is 44.1 Å². The Morgan fingerprint density at radius 1 is 1.44 bits per heavy atom. The number of hydrogen-bond donors (Lipinski definition) is 2. The van der Waals surface area contributed by atoms with E-state index in [1.165, 1.54) is 0 Å². The van der Waals surface area contributed by atoms with E-state index in [0.717, 1.165) is 5.56 Å². The molecule has 1 aliphatic heterocycles. The molecule has 83 valence electrons. The molecule has 0 spiro atoms. The smallest absolute Gasteiger partial charge is 0.240 e. The Bertz CT molecular complexity index is 367. The number of phenolic OH excluding ortho intramolecular Hbond substituents is 1. The number of phenols is 1. The van der Waals surface area contributed by atoms with Gasteiger partial charge in [-0.25, -0.2) is 0 Å². The van der Waals surface area contributed by atoms with Crippen LogP contribution in [0.5, 0.6) is 5.75 Å². The topological polar surface area (TPSA) is 52.6 Å². The zero-order valence-corrected chi connectivity index (χ0v) is 13.9. The molecular formula is C11H14AcN2O2. The minimum absolute atomic E-state index is 0. The summed E-state index contributed by atoms with van der Waals surface area (Å²) in [6.07, 6.45) is 0.670. The number of nitrogens with one attached hydrogen (secondary N) is 1. The summed E-state index contributed by atoms with van der Waals surface area (Å²) in [6.45, 7) is 0.613. The van der Waals surface area contributed by atoms with E-state index in [0.29, 0.717) is 13.1 Å². The second kappa shape index (κ2) is 6.00. The number of hydrogen-bond acceptors (Lipinski definition) is 3. The molecule has 16 heavy (non-hydrogen) atoms. The molecule has 1 aromatic carbocycles. The molecule has 0 aromatic heterocycles. The molecule has 1 amide bonds. The van der Waals surface area contributed by atoms with E-state index in [-0.39, 0.29) is 61.8 Å². The average molecular weight is 433 g/mol. The molecule has 0 aliphatic carbocycles. The fourth-order valence-corrected chi connectivity index (χ4v) is 1.71. The van der Waals surface area contributed by atoms with Crippen molar-refractivity contribution in [2.24, 2.45) is 0 Å². The molecular weight excluding hydrogens is 419 g/mol. The Balaban J connectivity index is 0.00000128. The van der Waals surface area contributed by atoms with Crippen molar-refractivity contribution in [3.63, 3.8) is 0 Å². The van der Waals surface area contributed by atoms with E-state index < -0.39 is 0 Å². The summed E-state index contributed by atoms with van der Waals surface area (Å²) in [5, 5.41) is 12.3. The van der Waals surface area contributed by atoms with Gasteiger partial charge < -0.3 is 10.0 Å². The first kappa shape index (κ1) is 14.0. The summed E-state index contributed by atoms with van der Waals surface area (Å²) in [4.78, 5) is 13.3. The molecule has 1 fully saturated rings. The third kappa shape index (κ3) is 3.19. The monoisotopic (exact) mass is 433 g/mol. The van der Waals surface area contributed by atoms with Crippen LogP contribution in [-0.4, -0.2) is 35.7 Å². The number of aromatic hydroxyl groups is 1. The van der Waals surface area contributed by atoms with Crippen LogP contribution in [0.15, 0.2) is 24.3 Å². The van der Waals surface area contributed by atoms with Gasteiger partial charge in [-0.2, -0.15) is 0 Å². The van der Waals surface area contributed by atoms with Crippen LogP contribution in [0.2, 0.25) is 0 Å². The molecule has 1 aromatic rings. The van der Waals surface area contributed by atoms with E-state index in [9.17, 15) is 4.79 Å². The van der Waals surface area contributed by atoms with Crippen molar-refractivity contribution < 1.29 is 54.0 Å². The predicted molar refractivity (Wildman–Crippen MR) is 56.4 cm³/mol. The van der Waals surface area contributed by atoms with Crippen LogP contribution in [0.25, 0.3) is 0 Å². The molecule has 1 atom stereocenters. The molecule has 2 N–H and O–H groups in total. The van der Waals surface area contributed by atoms with E-state index in [4.69, 9.17) is 5.11 Å². The second-order valence-electron chi connectivity index (χ2n) is 3.82. The maximum absolute atomic E-state index is 11.6. The number of nitrogens with zero attached hydrogens (tertiary/aromatic N) is 1. The molecule has 5 heteroatoms. The summed E-state index contributed by atoms with van der Waals surface area (Å²) in [6, 6.07) is 6.82. The molecule has 2 rings (SSSR count). The minimum Gasteiger partial charge on any atom is -0.508 e. The van der Waals surface area contributed by atoms with Crippen molar-refractivity contribution in [2.45, 2.75) is 12.5 Å². The van der Waals surface area contributed by atoms with Gasteiger partial charge in [0.2, 0.25) is 5.91 Å². The Kier molecular flexibility index (Phi) is 5.23. The minimum atomic E-state index is -0.125. The summed E-state index contributed by atoms with van der Waals surface area (Å²) in [5.74, 6) is 0.379. The first-order valence-corrected chi connectivity index (χ1v) is 4.93. The Morgan fingerprint density at radius 2 is 2.06 bits per heavy atom. The van der Waals surface area contributed by atoms with Gasteiger partial charge in [0.05, 0.1) is 12.7 Å². The maximum Gasteiger partial charge on any atom is 0.240 e. The zero-order valence-electron chi connectivity index (χ0n) is 9.18.